The van der Waals surface area contributed by atoms with Crippen LogP contribution in [0.15, 0.2) is 0 Å². The molecule has 28 heavy (non-hydrogen) atoms. The molecule has 1 aromatic heterocycles. The molecule has 0 aromatic carbocycles. The molecule has 6 nitrogen and oxygen atoms in total. The maximum atomic E-state index is 13.4. The van der Waals surface area contributed by atoms with Gasteiger partial charge >= 0.3 is 0 Å². The van der Waals surface area contributed by atoms with E-state index in [-0.39, 0.29) is 23.8 Å². The normalized spacial score (nSPS) is 33.6. The summed E-state index contributed by atoms with van der Waals surface area (Å²) in [6.07, 6.45) is 5.78. The number of nitrogens with one attached hydrogen (secondary N) is 2. The lowest BCUT2D eigenvalue weighted by molar-refractivity contribution is -0.127. The highest BCUT2D eigenvalue weighted by molar-refractivity contribution is 7.17. The van der Waals surface area contributed by atoms with Crippen LogP contribution < -0.4 is 10.6 Å². The predicted molar refractivity (Wildman–Crippen MR) is 106 cm³/mol. The minimum atomic E-state index is -0.608. The predicted octanol–water partition coefficient (Wildman–Crippen LogP) is 2.70. The average Bonchev–Trinajstić information content (AvgIpc) is 3.23. The van der Waals surface area contributed by atoms with Gasteiger partial charge in [0.1, 0.15) is 5.00 Å². The number of hydrogen-bond acceptors (Lipinski definition) is 5. The van der Waals surface area contributed by atoms with Crippen LogP contribution in [0.1, 0.15) is 59.8 Å². The first kappa shape index (κ1) is 18.6. The van der Waals surface area contributed by atoms with Gasteiger partial charge in [-0.3, -0.25) is 9.59 Å². The van der Waals surface area contributed by atoms with E-state index >= 15 is 0 Å². The van der Waals surface area contributed by atoms with E-state index in [0.717, 1.165) is 23.3 Å². The highest BCUT2D eigenvalue weighted by atomic mass is 32.1. The van der Waals surface area contributed by atoms with Crippen LogP contribution in [0.5, 0.6) is 0 Å². The summed E-state index contributed by atoms with van der Waals surface area (Å²) < 4.78 is 5.56. The quantitative estimate of drug-likeness (QED) is 0.704. The fourth-order valence-electron chi connectivity index (χ4n) is 6.28. The van der Waals surface area contributed by atoms with E-state index in [1.165, 1.54) is 30.6 Å². The van der Waals surface area contributed by atoms with Crippen molar-refractivity contribution >= 4 is 28.2 Å². The van der Waals surface area contributed by atoms with Crippen LogP contribution in [0, 0.1) is 23.2 Å². The van der Waals surface area contributed by atoms with Crippen molar-refractivity contribution in [1.82, 2.24) is 5.32 Å². The molecule has 0 saturated heterocycles. The van der Waals surface area contributed by atoms with E-state index in [1.807, 2.05) is 0 Å². The summed E-state index contributed by atoms with van der Waals surface area (Å²) in [6.45, 7) is 2.92. The highest BCUT2D eigenvalue weighted by Gasteiger charge is 2.61. The third kappa shape index (κ3) is 2.90. The summed E-state index contributed by atoms with van der Waals surface area (Å²) in [5, 5.41) is 16.2. The Hall–Kier alpha value is -1.44. The first-order valence-electron chi connectivity index (χ1n) is 10.5. The standard InChI is InChI=1S/C21H28N2O4S/c1-11(24)9-22-18(25)17-15-2-3-27-10-16(15)28-19(17)23-20(26)21-7-12-4-13(8-21)6-14(21)5-12/h11-14,24H,2-10H2,1H3,(H,22,25)(H,23,26). The van der Waals surface area contributed by atoms with Crippen molar-refractivity contribution in [3.05, 3.63) is 16.0 Å². The Labute approximate surface area is 169 Å². The molecule has 4 fully saturated rings. The third-order valence-electron chi connectivity index (χ3n) is 7.27. The largest absolute Gasteiger partial charge is 0.392 e. The molecule has 2 amide bonds. The molecule has 152 valence electrons. The number of thiophene rings is 1. The zero-order valence-electron chi connectivity index (χ0n) is 16.3. The number of ether oxygens (including phenoxy) is 1. The fraction of sp³-hybridized carbons (Fsp3) is 0.714. The molecule has 5 aliphatic rings. The van der Waals surface area contributed by atoms with Crippen LogP contribution in [0.25, 0.3) is 0 Å². The van der Waals surface area contributed by atoms with Gasteiger partial charge in [0.15, 0.2) is 0 Å². The lowest BCUT2D eigenvalue weighted by atomic mass is 9.75. The number of anilines is 1. The Morgan fingerprint density at radius 3 is 2.75 bits per heavy atom. The Morgan fingerprint density at radius 1 is 1.29 bits per heavy atom. The van der Waals surface area contributed by atoms with Crippen LogP contribution in [0.4, 0.5) is 5.00 Å². The Bertz CT molecular complexity index is 804. The summed E-state index contributed by atoms with van der Waals surface area (Å²) in [5.41, 5.74) is 1.35. The van der Waals surface area contributed by atoms with Gasteiger partial charge in [0.05, 0.1) is 30.3 Å². The zero-order chi connectivity index (χ0) is 19.5. The number of carbonyl (C=O) groups excluding carboxylic acids is 2. The van der Waals surface area contributed by atoms with Crippen LogP contribution in [0.2, 0.25) is 0 Å². The third-order valence-corrected chi connectivity index (χ3v) is 8.40. The molecule has 4 aliphatic carbocycles. The van der Waals surface area contributed by atoms with Crippen molar-refractivity contribution in [2.75, 3.05) is 18.5 Å². The van der Waals surface area contributed by atoms with E-state index in [2.05, 4.69) is 10.6 Å². The molecule has 1 aromatic rings. The van der Waals surface area contributed by atoms with Crippen LogP contribution >= 0.6 is 11.3 Å². The molecule has 3 atom stereocenters. The molecule has 0 spiro atoms. The van der Waals surface area contributed by atoms with Crippen molar-refractivity contribution in [3.63, 3.8) is 0 Å². The second-order valence-electron chi connectivity index (χ2n) is 9.22. The van der Waals surface area contributed by atoms with Gasteiger partial charge in [-0.25, -0.2) is 0 Å². The van der Waals surface area contributed by atoms with E-state index in [0.29, 0.717) is 48.0 Å². The summed E-state index contributed by atoms with van der Waals surface area (Å²) in [7, 11) is 0. The van der Waals surface area contributed by atoms with E-state index in [1.54, 1.807) is 6.92 Å². The van der Waals surface area contributed by atoms with Crippen LogP contribution in [0.3, 0.4) is 0 Å². The average molecular weight is 405 g/mol. The molecule has 7 heteroatoms. The summed E-state index contributed by atoms with van der Waals surface area (Å²) in [6, 6.07) is 0. The van der Waals surface area contributed by atoms with Crippen molar-refractivity contribution in [2.45, 2.75) is 58.2 Å². The maximum absolute atomic E-state index is 13.4. The Balaban J connectivity index is 1.42. The summed E-state index contributed by atoms with van der Waals surface area (Å²) in [5.74, 6) is 1.84. The number of hydrogen-bond donors (Lipinski definition) is 3. The summed E-state index contributed by atoms with van der Waals surface area (Å²) in [4.78, 5) is 27.3. The van der Waals surface area contributed by atoms with Gasteiger partial charge < -0.3 is 20.5 Å². The smallest absolute Gasteiger partial charge is 0.254 e. The second-order valence-corrected chi connectivity index (χ2v) is 10.3. The maximum Gasteiger partial charge on any atom is 0.254 e. The molecule has 1 aliphatic heterocycles. The molecule has 3 N–H and O–H groups in total. The zero-order valence-corrected chi connectivity index (χ0v) is 17.1. The molecular weight excluding hydrogens is 376 g/mol. The van der Waals surface area contributed by atoms with E-state index < -0.39 is 6.10 Å². The number of aliphatic hydroxyl groups excluding tert-OH is 1. The monoisotopic (exact) mass is 404 g/mol. The van der Waals surface area contributed by atoms with Crippen molar-refractivity contribution in [3.8, 4) is 0 Å². The molecule has 3 unspecified atom stereocenters. The number of amides is 2. The molecule has 4 saturated carbocycles. The van der Waals surface area contributed by atoms with Gasteiger partial charge in [0, 0.05) is 11.4 Å². The Kier molecular flexibility index (Phi) is 4.52. The Morgan fingerprint density at radius 2 is 2.04 bits per heavy atom. The molecule has 0 radical (unpaired) electrons. The minimum Gasteiger partial charge on any atom is -0.392 e. The van der Waals surface area contributed by atoms with Crippen molar-refractivity contribution in [2.24, 2.45) is 23.2 Å². The molecule has 6 rings (SSSR count). The number of aliphatic hydroxyl groups is 1. The van der Waals surface area contributed by atoms with E-state index in [4.69, 9.17) is 4.74 Å². The fourth-order valence-corrected chi connectivity index (χ4v) is 7.46. The first-order valence-corrected chi connectivity index (χ1v) is 11.3. The highest BCUT2D eigenvalue weighted by Crippen LogP contribution is 2.65. The van der Waals surface area contributed by atoms with Crippen LogP contribution in [-0.4, -0.2) is 36.2 Å². The number of fused-ring (bicyclic) bond motifs is 1. The van der Waals surface area contributed by atoms with Gasteiger partial charge in [-0.2, -0.15) is 0 Å². The first-order chi connectivity index (χ1) is 13.5. The lowest BCUT2D eigenvalue weighted by Crippen LogP contribution is -2.38. The minimum absolute atomic E-state index is 0.117. The van der Waals surface area contributed by atoms with Gasteiger partial charge in [-0.15, -0.1) is 11.3 Å². The van der Waals surface area contributed by atoms with Gasteiger partial charge in [0.2, 0.25) is 5.91 Å². The number of rotatable bonds is 5. The van der Waals surface area contributed by atoms with Crippen LogP contribution in [-0.2, 0) is 22.6 Å². The number of carbonyl (C=O) groups is 2. The molecule has 2 heterocycles. The molecular formula is C21H28N2O4S. The molecule has 4 bridgehead atoms. The van der Waals surface area contributed by atoms with Gasteiger partial charge in [-0.05, 0) is 68.8 Å². The van der Waals surface area contributed by atoms with Gasteiger partial charge in [-0.1, -0.05) is 0 Å². The van der Waals surface area contributed by atoms with Crippen molar-refractivity contribution < 1.29 is 19.4 Å². The van der Waals surface area contributed by atoms with E-state index in [9.17, 15) is 14.7 Å². The topological polar surface area (TPSA) is 87.7 Å². The lowest BCUT2D eigenvalue weighted by Gasteiger charge is -2.31. The second kappa shape index (κ2) is 6.82. The van der Waals surface area contributed by atoms with Gasteiger partial charge in [0.25, 0.3) is 5.91 Å². The summed E-state index contributed by atoms with van der Waals surface area (Å²) >= 11 is 1.47. The SMILES string of the molecule is CC(O)CNC(=O)c1c(NC(=O)C23CC4CC(CC2C4)C3)sc2c1CCOC2. The van der Waals surface area contributed by atoms with Crippen molar-refractivity contribution in [1.29, 1.82) is 0 Å².